The molecule has 0 bridgehead atoms. The number of hydrogen-bond donors (Lipinski definition) is 2. The second-order valence-corrected chi connectivity index (χ2v) is 3.63. The topological polar surface area (TPSA) is 70.7 Å². The van der Waals surface area contributed by atoms with E-state index in [1.165, 1.54) is 6.33 Å². The van der Waals surface area contributed by atoms with Crippen LogP contribution in [0.5, 0.6) is 0 Å². The van der Waals surface area contributed by atoms with Crippen LogP contribution >= 0.6 is 0 Å². The zero-order chi connectivity index (χ0) is 10.4. The molecular formula is C9H16N4O. The van der Waals surface area contributed by atoms with E-state index in [4.69, 9.17) is 0 Å². The van der Waals surface area contributed by atoms with Crippen molar-refractivity contribution < 1.29 is 4.79 Å². The second kappa shape index (κ2) is 5.36. The Morgan fingerprint density at radius 2 is 2.43 bits per heavy atom. The summed E-state index contributed by atoms with van der Waals surface area (Å²) >= 11 is 0. The Labute approximate surface area is 83.3 Å². The molecule has 1 heterocycles. The number of aromatic nitrogens is 3. The van der Waals surface area contributed by atoms with E-state index in [0.29, 0.717) is 12.5 Å². The van der Waals surface area contributed by atoms with Crippen LogP contribution in [0.4, 0.5) is 0 Å². The Bertz CT molecular complexity index is 268. The fraction of sp³-hybridized carbons (Fsp3) is 0.667. The number of amides is 1. The molecule has 0 saturated heterocycles. The van der Waals surface area contributed by atoms with Gasteiger partial charge in [0.25, 0.3) is 5.91 Å². The molecule has 0 radical (unpaired) electrons. The monoisotopic (exact) mass is 196 g/mol. The minimum absolute atomic E-state index is 0.189. The van der Waals surface area contributed by atoms with Gasteiger partial charge in [-0.2, -0.15) is 5.10 Å². The van der Waals surface area contributed by atoms with Crippen LogP contribution in [0.25, 0.3) is 0 Å². The first-order chi connectivity index (χ1) is 6.70. The molecule has 0 aliphatic carbocycles. The summed E-state index contributed by atoms with van der Waals surface area (Å²) in [6.07, 6.45) is 3.44. The van der Waals surface area contributed by atoms with E-state index in [1.807, 2.05) is 0 Å². The van der Waals surface area contributed by atoms with Gasteiger partial charge in [-0.15, -0.1) is 0 Å². The Hall–Kier alpha value is -1.39. The Kier molecular flexibility index (Phi) is 4.10. The Morgan fingerprint density at radius 1 is 1.64 bits per heavy atom. The molecule has 0 saturated carbocycles. The average molecular weight is 196 g/mol. The molecule has 14 heavy (non-hydrogen) atoms. The van der Waals surface area contributed by atoms with Gasteiger partial charge >= 0.3 is 0 Å². The van der Waals surface area contributed by atoms with Gasteiger partial charge in [-0.05, 0) is 18.8 Å². The number of aromatic amines is 1. The third-order valence-electron chi connectivity index (χ3n) is 1.87. The number of hydrogen-bond acceptors (Lipinski definition) is 3. The van der Waals surface area contributed by atoms with Crippen LogP contribution in [0.3, 0.4) is 0 Å². The zero-order valence-electron chi connectivity index (χ0n) is 8.58. The zero-order valence-corrected chi connectivity index (χ0v) is 8.58. The van der Waals surface area contributed by atoms with Crippen LogP contribution in [-0.2, 0) is 0 Å². The summed E-state index contributed by atoms with van der Waals surface area (Å²) < 4.78 is 0. The maximum Gasteiger partial charge on any atom is 0.288 e. The molecule has 0 aliphatic heterocycles. The fourth-order valence-corrected chi connectivity index (χ4v) is 1.11. The van der Waals surface area contributed by atoms with Crippen molar-refractivity contribution in [3.05, 3.63) is 12.2 Å². The number of nitrogens with zero attached hydrogens (tertiary/aromatic N) is 2. The third-order valence-corrected chi connectivity index (χ3v) is 1.87. The van der Waals surface area contributed by atoms with Gasteiger partial charge in [0.1, 0.15) is 6.33 Å². The molecule has 2 N–H and O–H groups in total. The second-order valence-electron chi connectivity index (χ2n) is 3.63. The van der Waals surface area contributed by atoms with Gasteiger partial charge in [-0.25, -0.2) is 4.98 Å². The number of rotatable bonds is 5. The predicted octanol–water partition coefficient (Wildman–Crippen LogP) is 0.971. The van der Waals surface area contributed by atoms with Gasteiger partial charge in [0, 0.05) is 6.54 Å². The molecule has 5 nitrogen and oxygen atoms in total. The largest absolute Gasteiger partial charge is 0.349 e. The minimum Gasteiger partial charge on any atom is -0.349 e. The molecule has 1 aromatic heterocycles. The summed E-state index contributed by atoms with van der Waals surface area (Å²) in [6, 6.07) is 0. The van der Waals surface area contributed by atoms with E-state index in [1.54, 1.807) is 0 Å². The normalized spacial score (nSPS) is 10.5. The highest BCUT2D eigenvalue weighted by atomic mass is 16.2. The summed E-state index contributed by atoms with van der Waals surface area (Å²) in [7, 11) is 0. The first-order valence-electron chi connectivity index (χ1n) is 4.83. The smallest absolute Gasteiger partial charge is 0.288 e. The van der Waals surface area contributed by atoms with E-state index in [9.17, 15) is 4.79 Å². The predicted molar refractivity (Wildman–Crippen MR) is 52.8 cm³/mol. The van der Waals surface area contributed by atoms with Crippen molar-refractivity contribution in [1.82, 2.24) is 20.5 Å². The summed E-state index contributed by atoms with van der Waals surface area (Å²) in [4.78, 5) is 15.1. The van der Waals surface area contributed by atoms with Crippen LogP contribution in [-0.4, -0.2) is 27.6 Å². The van der Waals surface area contributed by atoms with Crippen molar-refractivity contribution in [2.24, 2.45) is 5.92 Å². The van der Waals surface area contributed by atoms with Crippen molar-refractivity contribution in [2.75, 3.05) is 6.54 Å². The molecule has 0 aromatic carbocycles. The van der Waals surface area contributed by atoms with Gasteiger partial charge in [0.05, 0.1) is 0 Å². The van der Waals surface area contributed by atoms with Crippen molar-refractivity contribution >= 4 is 5.91 Å². The SMILES string of the molecule is CC(C)CCCNC(=O)c1ncn[nH]1. The molecule has 0 aliphatic rings. The van der Waals surface area contributed by atoms with E-state index < -0.39 is 0 Å². The lowest BCUT2D eigenvalue weighted by atomic mass is 10.1. The summed E-state index contributed by atoms with van der Waals surface area (Å²) in [6.45, 7) is 5.02. The van der Waals surface area contributed by atoms with E-state index in [-0.39, 0.29) is 11.7 Å². The molecule has 0 unspecified atom stereocenters. The molecule has 1 amide bonds. The molecule has 5 heteroatoms. The van der Waals surface area contributed by atoms with Crippen LogP contribution in [0.15, 0.2) is 6.33 Å². The first-order valence-corrected chi connectivity index (χ1v) is 4.83. The van der Waals surface area contributed by atoms with E-state index >= 15 is 0 Å². The van der Waals surface area contributed by atoms with Gasteiger partial charge in [0.2, 0.25) is 5.82 Å². The molecule has 1 aromatic rings. The van der Waals surface area contributed by atoms with Crippen molar-refractivity contribution in [3.8, 4) is 0 Å². The molecule has 0 spiro atoms. The van der Waals surface area contributed by atoms with Gasteiger partial charge < -0.3 is 5.32 Å². The third kappa shape index (κ3) is 3.55. The van der Waals surface area contributed by atoms with Crippen molar-refractivity contribution in [1.29, 1.82) is 0 Å². The lowest BCUT2D eigenvalue weighted by molar-refractivity contribution is 0.0942. The first kappa shape index (κ1) is 10.7. The van der Waals surface area contributed by atoms with Crippen molar-refractivity contribution in [3.63, 3.8) is 0 Å². The lowest BCUT2D eigenvalue weighted by Crippen LogP contribution is -2.25. The number of carbonyl (C=O) groups excluding carboxylic acids is 1. The van der Waals surface area contributed by atoms with E-state index in [0.717, 1.165) is 12.8 Å². The maximum absolute atomic E-state index is 11.3. The highest BCUT2D eigenvalue weighted by Gasteiger charge is 2.06. The summed E-state index contributed by atoms with van der Waals surface area (Å²) in [5.41, 5.74) is 0. The molecular weight excluding hydrogens is 180 g/mol. The quantitative estimate of drug-likeness (QED) is 0.689. The Morgan fingerprint density at radius 3 is 3.00 bits per heavy atom. The molecule has 0 atom stereocenters. The van der Waals surface area contributed by atoms with Crippen LogP contribution in [0, 0.1) is 5.92 Å². The Balaban J connectivity index is 2.16. The molecule has 1 rings (SSSR count). The fourth-order valence-electron chi connectivity index (χ4n) is 1.11. The van der Waals surface area contributed by atoms with E-state index in [2.05, 4.69) is 34.3 Å². The minimum atomic E-state index is -0.189. The highest BCUT2D eigenvalue weighted by Crippen LogP contribution is 2.01. The van der Waals surface area contributed by atoms with Crippen LogP contribution < -0.4 is 5.32 Å². The summed E-state index contributed by atoms with van der Waals surface area (Å²) in [5, 5.41) is 8.88. The number of H-pyrrole nitrogens is 1. The lowest BCUT2D eigenvalue weighted by Gasteiger charge is -2.04. The average Bonchev–Trinajstić information content (AvgIpc) is 2.64. The number of carbonyl (C=O) groups is 1. The summed E-state index contributed by atoms with van der Waals surface area (Å²) in [5.74, 6) is 0.762. The number of nitrogens with one attached hydrogen (secondary N) is 2. The van der Waals surface area contributed by atoms with Crippen molar-refractivity contribution in [2.45, 2.75) is 26.7 Å². The highest BCUT2D eigenvalue weighted by molar-refractivity contribution is 5.90. The van der Waals surface area contributed by atoms with Crippen LogP contribution in [0.2, 0.25) is 0 Å². The maximum atomic E-state index is 11.3. The van der Waals surface area contributed by atoms with Gasteiger partial charge in [-0.1, -0.05) is 13.8 Å². The standard InChI is InChI=1S/C9H16N4O/c1-7(2)4-3-5-10-9(14)8-11-6-12-13-8/h6-7H,3-5H2,1-2H3,(H,10,14)(H,11,12,13). The van der Waals surface area contributed by atoms with Crippen LogP contribution in [0.1, 0.15) is 37.3 Å². The molecule has 0 fully saturated rings. The van der Waals surface area contributed by atoms with Gasteiger partial charge in [-0.3, -0.25) is 9.89 Å². The molecule has 78 valence electrons. The van der Waals surface area contributed by atoms with Gasteiger partial charge in [0.15, 0.2) is 0 Å².